The average molecular weight is 796 g/mol. The van der Waals surface area contributed by atoms with E-state index in [1.54, 1.807) is 0 Å². The van der Waals surface area contributed by atoms with Crippen molar-refractivity contribution >= 4 is 17.2 Å². The smallest absolute Gasteiger partial charge is 0.417 e. The predicted octanol–water partition coefficient (Wildman–Crippen LogP) is 14.6. The highest BCUT2D eigenvalue weighted by Crippen LogP contribution is 2.48. The Balaban J connectivity index is 1.38. The molecular weight excluding hydrogens is 736 g/mol. The van der Waals surface area contributed by atoms with Crippen LogP contribution in [0, 0.1) is 27.7 Å². The summed E-state index contributed by atoms with van der Waals surface area (Å²) in [5, 5.41) is 0. The van der Waals surface area contributed by atoms with Gasteiger partial charge in [-0.15, -0.1) is 0 Å². The van der Waals surface area contributed by atoms with Crippen molar-refractivity contribution in [3.8, 4) is 23.0 Å². The molecule has 0 atom stereocenters. The molecule has 7 nitrogen and oxygen atoms in total. The Morgan fingerprint density at radius 1 is 0.411 bits per heavy atom. The number of hydrogen-bond acceptors (Lipinski definition) is 7. The van der Waals surface area contributed by atoms with Crippen LogP contribution in [0.1, 0.15) is 135 Å². The van der Waals surface area contributed by atoms with Gasteiger partial charge in [-0.05, 0) is 132 Å². The highest BCUT2D eigenvalue weighted by molar-refractivity contribution is 7.42. The summed E-state index contributed by atoms with van der Waals surface area (Å²) in [5.74, 6) is 4.08. The Hall–Kier alpha value is -3.99. The Morgan fingerprint density at radius 2 is 0.679 bits per heavy atom. The van der Waals surface area contributed by atoms with E-state index in [9.17, 15) is 0 Å². The maximum Gasteiger partial charge on any atom is 0.463 e. The van der Waals surface area contributed by atoms with Gasteiger partial charge in [0.25, 0.3) is 0 Å². The lowest BCUT2D eigenvalue weighted by Crippen LogP contribution is -2.07. The van der Waals surface area contributed by atoms with Crippen molar-refractivity contribution in [3.05, 3.63) is 147 Å². The molecule has 0 aliphatic carbocycles. The number of pyridine rings is 1. The molecule has 298 valence electrons. The summed E-state index contributed by atoms with van der Waals surface area (Å²) in [7, 11) is -3.72. The molecule has 0 aliphatic heterocycles. The van der Waals surface area contributed by atoms with Crippen molar-refractivity contribution in [3.63, 3.8) is 0 Å². The Kier molecular flexibility index (Phi) is 15.4. The zero-order valence-electron chi connectivity index (χ0n) is 35.2. The molecule has 0 N–H and O–H groups in total. The van der Waals surface area contributed by atoms with Gasteiger partial charge in [-0.2, -0.15) is 0 Å². The number of aryl methyl sites for hydroxylation is 4. The highest BCUT2D eigenvalue weighted by Gasteiger charge is 2.25. The van der Waals surface area contributed by atoms with Gasteiger partial charge in [0.2, 0.25) is 0 Å². The highest BCUT2D eigenvalue weighted by atomic mass is 31.2. The topological polar surface area (TPSA) is 68.3 Å². The van der Waals surface area contributed by atoms with Gasteiger partial charge in [0.15, 0.2) is 0 Å². The second-order valence-electron chi connectivity index (χ2n) is 15.8. The Bertz CT molecular complexity index is 1800. The van der Waals surface area contributed by atoms with Crippen LogP contribution >= 0.6 is 17.2 Å². The van der Waals surface area contributed by atoms with Crippen LogP contribution in [0.25, 0.3) is 0 Å². The fraction of sp³-hybridized carbons (Fsp3) is 0.383. The van der Waals surface area contributed by atoms with Gasteiger partial charge in [-0.3, -0.25) is 14.0 Å². The van der Waals surface area contributed by atoms with Gasteiger partial charge >= 0.3 is 17.2 Å². The normalized spacial score (nSPS) is 11.8. The standard InChI is InChI=1S/C47H59NO6P2/c1-30(2)40-20-16-34(9)24-44(40)51-55(52-45-25-35(10)17-21-41(45)31(3)4)49-28-38-14-13-15-39(48-38)29-50-56(53-46-26-36(11)18-22-42(46)32(5)6)54-47-27-37(12)19-23-43(47)33(7)8/h13-27,30-33H,28-29H2,1-12H3. The lowest BCUT2D eigenvalue weighted by Gasteiger charge is -2.23. The summed E-state index contributed by atoms with van der Waals surface area (Å²) in [6, 6.07) is 31.0. The number of aromatic nitrogens is 1. The van der Waals surface area contributed by atoms with Crippen molar-refractivity contribution < 1.29 is 27.1 Å². The van der Waals surface area contributed by atoms with E-state index in [-0.39, 0.29) is 36.9 Å². The SMILES string of the molecule is Cc1ccc(C(C)C)c(OP(OCc2cccc(COP(Oc3cc(C)ccc3C(C)C)Oc3cc(C)ccc3C(C)C)n2)Oc2cc(C)ccc2C(C)C)c1. The zero-order valence-corrected chi connectivity index (χ0v) is 37.0. The van der Waals surface area contributed by atoms with Crippen LogP contribution in [0.3, 0.4) is 0 Å². The minimum Gasteiger partial charge on any atom is -0.417 e. The predicted molar refractivity (Wildman–Crippen MR) is 231 cm³/mol. The third-order valence-electron chi connectivity index (χ3n) is 9.36. The van der Waals surface area contributed by atoms with Crippen molar-refractivity contribution in [1.82, 2.24) is 4.98 Å². The number of rotatable bonds is 18. The lowest BCUT2D eigenvalue weighted by molar-refractivity contribution is 0.244. The molecule has 0 aliphatic rings. The van der Waals surface area contributed by atoms with Crippen LogP contribution in [0.5, 0.6) is 23.0 Å². The monoisotopic (exact) mass is 795 g/mol. The molecule has 0 bridgehead atoms. The van der Waals surface area contributed by atoms with Crippen molar-refractivity contribution in [2.24, 2.45) is 0 Å². The van der Waals surface area contributed by atoms with Crippen molar-refractivity contribution in [2.45, 2.75) is 120 Å². The van der Waals surface area contributed by atoms with E-state index in [1.807, 2.05) is 18.2 Å². The van der Waals surface area contributed by atoms with Crippen LogP contribution in [-0.4, -0.2) is 4.98 Å². The first-order chi connectivity index (χ1) is 26.7. The minimum atomic E-state index is -1.86. The van der Waals surface area contributed by atoms with E-state index in [4.69, 9.17) is 32.1 Å². The summed E-state index contributed by atoms with van der Waals surface area (Å²) in [6.07, 6.45) is 0. The van der Waals surface area contributed by atoms with Gasteiger partial charge in [0.05, 0.1) is 24.6 Å². The molecule has 56 heavy (non-hydrogen) atoms. The van der Waals surface area contributed by atoms with E-state index in [0.29, 0.717) is 0 Å². The van der Waals surface area contributed by atoms with Gasteiger partial charge in [-0.1, -0.05) is 110 Å². The van der Waals surface area contributed by atoms with Gasteiger partial charge in [0, 0.05) is 0 Å². The summed E-state index contributed by atoms with van der Waals surface area (Å²) in [6.45, 7) is 25.9. The summed E-state index contributed by atoms with van der Waals surface area (Å²) < 4.78 is 39.4. The summed E-state index contributed by atoms with van der Waals surface area (Å²) >= 11 is 0. The van der Waals surface area contributed by atoms with Crippen LogP contribution in [0.4, 0.5) is 0 Å². The molecule has 4 aromatic carbocycles. The second kappa shape index (κ2) is 19.9. The van der Waals surface area contributed by atoms with Gasteiger partial charge in [0.1, 0.15) is 23.0 Å². The average Bonchev–Trinajstić information content (AvgIpc) is 3.12. The molecule has 5 aromatic rings. The third kappa shape index (κ3) is 12.0. The fourth-order valence-electron chi connectivity index (χ4n) is 6.18. The van der Waals surface area contributed by atoms with Crippen LogP contribution in [0.15, 0.2) is 91.0 Å². The molecular formula is C47H59NO6P2. The maximum atomic E-state index is 6.62. The second-order valence-corrected chi connectivity index (χ2v) is 17.9. The summed E-state index contributed by atoms with van der Waals surface area (Å²) in [5.41, 5.74) is 10.2. The molecule has 1 heterocycles. The molecule has 5 rings (SSSR count). The minimum absolute atomic E-state index is 0.176. The van der Waals surface area contributed by atoms with E-state index < -0.39 is 17.2 Å². The third-order valence-corrected chi connectivity index (χ3v) is 11.4. The zero-order chi connectivity index (χ0) is 40.5. The Morgan fingerprint density at radius 3 is 0.929 bits per heavy atom. The van der Waals surface area contributed by atoms with Gasteiger partial charge < -0.3 is 18.1 Å². The molecule has 0 spiro atoms. The first-order valence-electron chi connectivity index (χ1n) is 19.6. The molecule has 0 unspecified atom stereocenters. The molecule has 9 heteroatoms. The first-order valence-corrected chi connectivity index (χ1v) is 21.8. The quantitative estimate of drug-likeness (QED) is 0.0818. The molecule has 0 radical (unpaired) electrons. The number of benzene rings is 4. The summed E-state index contributed by atoms with van der Waals surface area (Å²) in [4.78, 5) is 4.93. The number of nitrogens with zero attached hydrogens (tertiary/aromatic N) is 1. The maximum absolute atomic E-state index is 6.62. The number of hydrogen-bond donors (Lipinski definition) is 0. The van der Waals surface area contributed by atoms with Crippen LogP contribution < -0.4 is 18.1 Å². The fourth-order valence-corrected chi connectivity index (χ4v) is 8.22. The van der Waals surface area contributed by atoms with Crippen molar-refractivity contribution in [1.29, 1.82) is 0 Å². The van der Waals surface area contributed by atoms with Crippen LogP contribution in [-0.2, 0) is 22.3 Å². The first kappa shape index (κ1) is 43.1. The molecule has 0 amide bonds. The van der Waals surface area contributed by atoms with Gasteiger partial charge in [-0.25, -0.2) is 0 Å². The lowest BCUT2D eigenvalue weighted by atomic mass is 10.0. The molecule has 0 saturated heterocycles. The van der Waals surface area contributed by atoms with Crippen molar-refractivity contribution in [2.75, 3.05) is 0 Å². The molecule has 0 fully saturated rings. The van der Waals surface area contributed by atoms with E-state index >= 15 is 0 Å². The largest absolute Gasteiger partial charge is 0.463 e. The van der Waals surface area contributed by atoms with E-state index in [0.717, 1.165) is 78.9 Å². The molecule has 1 aromatic heterocycles. The van der Waals surface area contributed by atoms with E-state index in [1.165, 1.54) is 0 Å². The molecule has 0 saturated carbocycles. The Labute approximate surface area is 338 Å². The van der Waals surface area contributed by atoms with E-state index in [2.05, 4.69) is 156 Å². The van der Waals surface area contributed by atoms with Crippen LogP contribution in [0.2, 0.25) is 0 Å².